The van der Waals surface area contributed by atoms with Gasteiger partial charge in [0.05, 0.1) is 7.11 Å². The van der Waals surface area contributed by atoms with E-state index < -0.39 is 5.97 Å². The van der Waals surface area contributed by atoms with Gasteiger partial charge in [-0.1, -0.05) is 18.2 Å². The minimum absolute atomic E-state index is 0.0456. The highest BCUT2D eigenvalue weighted by molar-refractivity contribution is 6.10. The first-order valence-electron chi connectivity index (χ1n) is 8.20. The molecule has 1 saturated heterocycles. The first-order valence-corrected chi connectivity index (χ1v) is 8.20. The van der Waals surface area contributed by atoms with Crippen molar-refractivity contribution >= 4 is 23.9 Å². The molecule has 2 rings (SSSR count). The Hall–Kier alpha value is -2.56. The molecule has 0 amide bonds. The average Bonchev–Trinajstić information content (AvgIpc) is 3.15. The van der Waals surface area contributed by atoms with Crippen LogP contribution < -0.4 is 4.90 Å². The van der Waals surface area contributed by atoms with Gasteiger partial charge in [0.15, 0.2) is 0 Å². The highest BCUT2D eigenvalue weighted by Crippen LogP contribution is 2.21. The third-order valence-corrected chi connectivity index (χ3v) is 3.88. The molecule has 0 aliphatic carbocycles. The normalized spacial score (nSPS) is 16.0. The number of anilines is 1. The minimum atomic E-state index is -0.612. The Morgan fingerprint density at radius 3 is 2.54 bits per heavy atom. The van der Waals surface area contributed by atoms with Crippen molar-refractivity contribution in [3.8, 4) is 0 Å². The van der Waals surface area contributed by atoms with Crippen molar-refractivity contribution in [2.75, 3.05) is 31.6 Å². The van der Waals surface area contributed by atoms with E-state index in [0.717, 1.165) is 18.7 Å². The van der Waals surface area contributed by atoms with Crippen LogP contribution >= 0.6 is 0 Å². The monoisotopic (exact) mass is 328 g/mol. The van der Waals surface area contributed by atoms with Crippen LogP contribution in [0.3, 0.4) is 0 Å². The molecule has 5 heteroatoms. The number of aliphatic hydroxyl groups excluding tert-OH is 1. The number of hydrogen-bond donors (Lipinski definition) is 1. The van der Waals surface area contributed by atoms with E-state index in [2.05, 4.69) is 26.8 Å². The fraction of sp³-hybridized carbons (Fsp3) is 0.368. The first kappa shape index (κ1) is 17.8. The zero-order valence-corrected chi connectivity index (χ0v) is 14.2. The lowest BCUT2D eigenvalue weighted by Crippen LogP contribution is -2.17. The molecule has 0 unspecified atom stereocenters. The summed E-state index contributed by atoms with van der Waals surface area (Å²) in [4.78, 5) is 18.0. The quantitative estimate of drug-likeness (QED) is 0.286. The number of nitrogens with zero attached hydrogens (tertiary/aromatic N) is 2. The Labute approximate surface area is 143 Å². The zero-order valence-electron chi connectivity index (χ0n) is 14.2. The lowest BCUT2D eigenvalue weighted by Gasteiger charge is -2.17. The van der Waals surface area contributed by atoms with Gasteiger partial charge in [-0.15, -0.1) is 0 Å². The van der Waals surface area contributed by atoms with E-state index in [1.165, 1.54) is 37.9 Å². The van der Waals surface area contributed by atoms with E-state index in [1.54, 1.807) is 6.08 Å². The number of benzene rings is 1. The molecular weight excluding hydrogens is 304 g/mol. The molecule has 1 aliphatic heterocycles. The van der Waals surface area contributed by atoms with E-state index in [1.807, 2.05) is 19.1 Å². The SMILES string of the molecule is CCN=CC(C(=O)OC)=C(O)/C=C/c1ccc(N2CCCC2)cc1. The van der Waals surface area contributed by atoms with E-state index >= 15 is 0 Å². The number of ether oxygens (including phenoxy) is 1. The topological polar surface area (TPSA) is 62.1 Å². The third-order valence-electron chi connectivity index (χ3n) is 3.88. The predicted octanol–water partition coefficient (Wildman–Crippen LogP) is 3.38. The fourth-order valence-electron chi connectivity index (χ4n) is 2.55. The molecule has 1 aliphatic rings. The molecule has 5 nitrogen and oxygen atoms in total. The molecular formula is C19H24N2O3. The van der Waals surface area contributed by atoms with E-state index in [9.17, 15) is 9.90 Å². The van der Waals surface area contributed by atoms with Crippen molar-refractivity contribution in [2.24, 2.45) is 4.99 Å². The molecule has 0 spiro atoms. The molecule has 1 heterocycles. The number of allylic oxidation sites excluding steroid dienone is 1. The van der Waals surface area contributed by atoms with Crippen LogP contribution in [0.5, 0.6) is 0 Å². The van der Waals surface area contributed by atoms with Crippen molar-refractivity contribution in [2.45, 2.75) is 19.8 Å². The van der Waals surface area contributed by atoms with Crippen LogP contribution in [-0.2, 0) is 9.53 Å². The predicted molar refractivity (Wildman–Crippen MR) is 97.6 cm³/mol. The Bertz CT molecular complexity index is 639. The second kappa shape index (κ2) is 8.91. The van der Waals surface area contributed by atoms with E-state index in [-0.39, 0.29) is 11.3 Å². The van der Waals surface area contributed by atoms with Crippen LogP contribution in [0.15, 0.2) is 46.7 Å². The van der Waals surface area contributed by atoms with Crippen LogP contribution in [0, 0.1) is 0 Å². The van der Waals surface area contributed by atoms with Crippen molar-refractivity contribution in [1.82, 2.24) is 0 Å². The number of aliphatic imine (C=N–C) groups is 1. The molecule has 1 aromatic carbocycles. The molecule has 128 valence electrons. The third kappa shape index (κ3) is 4.72. The largest absolute Gasteiger partial charge is 0.507 e. The molecule has 24 heavy (non-hydrogen) atoms. The van der Waals surface area contributed by atoms with Crippen molar-refractivity contribution < 1.29 is 14.6 Å². The number of esters is 1. The average molecular weight is 328 g/mol. The molecule has 0 bridgehead atoms. The first-order chi connectivity index (χ1) is 11.7. The number of aliphatic hydroxyl groups is 1. The minimum Gasteiger partial charge on any atom is -0.507 e. The van der Waals surface area contributed by atoms with Crippen LogP contribution in [-0.4, -0.2) is 44.0 Å². The summed E-state index contributed by atoms with van der Waals surface area (Å²) in [6.45, 7) is 4.59. The Morgan fingerprint density at radius 1 is 1.29 bits per heavy atom. The molecule has 0 radical (unpaired) electrons. The molecule has 0 aromatic heterocycles. The lowest BCUT2D eigenvalue weighted by atomic mass is 10.1. The van der Waals surface area contributed by atoms with Crippen molar-refractivity contribution in [3.05, 3.63) is 47.2 Å². The summed E-state index contributed by atoms with van der Waals surface area (Å²) < 4.78 is 4.67. The maximum atomic E-state index is 11.7. The van der Waals surface area contributed by atoms with Gasteiger partial charge in [-0.2, -0.15) is 0 Å². The van der Waals surface area contributed by atoms with Gasteiger partial charge < -0.3 is 14.7 Å². The summed E-state index contributed by atoms with van der Waals surface area (Å²) in [5.41, 5.74) is 2.21. The highest BCUT2D eigenvalue weighted by atomic mass is 16.5. The van der Waals surface area contributed by atoms with Gasteiger partial charge in [0.1, 0.15) is 11.3 Å². The van der Waals surface area contributed by atoms with Crippen molar-refractivity contribution in [1.29, 1.82) is 0 Å². The summed E-state index contributed by atoms with van der Waals surface area (Å²) in [6, 6.07) is 8.14. The van der Waals surface area contributed by atoms with Gasteiger partial charge in [-0.05, 0) is 43.5 Å². The number of rotatable bonds is 6. The van der Waals surface area contributed by atoms with E-state index in [0.29, 0.717) is 6.54 Å². The lowest BCUT2D eigenvalue weighted by molar-refractivity contribution is -0.135. The van der Waals surface area contributed by atoms with E-state index in [4.69, 9.17) is 0 Å². The number of carbonyl (C=O) groups is 1. The summed E-state index contributed by atoms with van der Waals surface area (Å²) in [5, 5.41) is 10.1. The van der Waals surface area contributed by atoms with Gasteiger partial charge in [-0.25, -0.2) is 4.79 Å². The van der Waals surface area contributed by atoms with Gasteiger partial charge >= 0.3 is 5.97 Å². The van der Waals surface area contributed by atoms with Gasteiger partial charge in [0.2, 0.25) is 0 Å². The molecule has 1 fully saturated rings. The maximum absolute atomic E-state index is 11.7. The molecule has 0 saturated carbocycles. The Morgan fingerprint density at radius 2 is 1.96 bits per heavy atom. The molecule has 1 aromatic rings. The number of methoxy groups -OCH3 is 1. The van der Waals surface area contributed by atoms with Crippen LogP contribution in [0.25, 0.3) is 6.08 Å². The summed E-state index contributed by atoms with van der Waals surface area (Å²) >= 11 is 0. The van der Waals surface area contributed by atoms with Crippen LogP contribution in [0.1, 0.15) is 25.3 Å². The smallest absolute Gasteiger partial charge is 0.343 e. The van der Waals surface area contributed by atoms with Crippen LogP contribution in [0.2, 0.25) is 0 Å². The number of carbonyl (C=O) groups excluding carboxylic acids is 1. The second-order valence-corrected chi connectivity index (χ2v) is 5.54. The Balaban J connectivity index is 2.13. The summed E-state index contributed by atoms with van der Waals surface area (Å²) in [6.07, 6.45) is 7.07. The van der Waals surface area contributed by atoms with Crippen molar-refractivity contribution in [3.63, 3.8) is 0 Å². The Kier molecular flexibility index (Phi) is 6.61. The van der Waals surface area contributed by atoms with Gasteiger partial charge in [0, 0.05) is 31.5 Å². The number of hydrogen-bond acceptors (Lipinski definition) is 5. The van der Waals surface area contributed by atoms with Gasteiger partial charge in [-0.3, -0.25) is 4.99 Å². The standard InChI is InChI=1S/C19H24N2O3/c1-3-20-14-17(19(23)24-2)18(22)11-8-15-6-9-16(10-7-15)21-12-4-5-13-21/h6-11,14,22H,3-5,12-13H2,1-2H3/b11-8+,18-17?,20-14?. The maximum Gasteiger partial charge on any atom is 0.343 e. The molecule has 1 N–H and O–H groups in total. The highest BCUT2D eigenvalue weighted by Gasteiger charge is 2.13. The fourth-order valence-corrected chi connectivity index (χ4v) is 2.55. The summed E-state index contributed by atoms with van der Waals surface area (Å²) in [7, 11) is 1.27. The second-order valence-electron chi connectivity index (χ2n) is 5.54. The van der Waals surface area contributed by atoms with Crippen LogP contribution in [0.4, 0.5) is 5.69 Å². The van der Waals surface area contributed by atoms with Gasteiger partial charge in [0.25, 0.3) is 0 Å². The summed E-state index contributed by atoms with van der Waals surface area (Å²) in [5.74, 6) is -0.776. The zero-order chi connectivity index (χ0) is 17.4. The molecule has 0 atom stereocenters.